The minimum absolute atomic E-state index is 0.0226. The molecular formula is C11H14ClN5O2. The van der Waals surface area contributed by atoms with Crippen molar-refractivity contribution in [2.24, 2.45) is 0 Å². The van der Waals surface area contributed by atoms with Gasteiger partial charge in [-0.25, -0.2) is 4.98 Å². The Hall–Kier alpha value is -1.47. The molecule has 2 saturated heterocycles. The van der Waals surface area contributed by atoms with Gasteiger partial charge in [-0.05, 0) is 37.4 Å². The van der Waals surface area contributed by atoms with E-state index in [0.717, 1.165) is 32.1 Å². The van der Waals surface area contributed by atoms with Gasteiger partial charge in [0.15, 0.2) is 0 Å². The van der Waals surface area contributed by atoms with Crippen LogP contribution in [0.25, 0.3) is 0 Å². The van der Waals surface area contributed by atoms with Gasteiger partial charge in [-0.2, -0.15) is 4.98 Å². The summed E-state index contributed by atoms with van der Waals surface area (Å²) in [6.07, 6.45) is 4.45. The van der Waals surface area contributed by atoms with Crippen LogP contribution >= 0.6 is 11.6 Å². The number of nitrogens with zero attached hydrogens (tertiary/aromatic N) is 4. The van der Waals surface area contributed by atoms with Crippen molar-refractivity contribution >= 4 is 23.1 Å². The molecule has 2 aliphatic heterocycles. The van der Waals surface area contributed by atoms with E-state index in [2.05, 4.69) is 20.2 Å². The van der Waals surface area contributed by atoms with Crippen LogP contribution in [0.2, 0.25) is 5.28 Å². The van der Waals surface area contributed by atoms with Crippen molar-refractivity contribution in [2.45, 2.75) is 31.3 Å². The van der Waals surface area contributed by atoms with Gasteiger partial charge in [-0.1, -0.05) is 0 Å². The predicted molar refractivity (Wildman–Crippen MR) is 70.3 cm³/mol. The molecule has 7 nitrogen and oxygen atoms in total. The molecule has 0 spiro atoms. The fourth-order valence-electron chi connectivity index (χ4n) is 3.02. The second kappa shape index (κ2) is 4.90. The molecule has 3 rings (SSSR count). The molecular weight excluding hydrogens is 270 g/mol. The zero-order valence-corrected chi connectivity index (χ0v) is 11.0. The van der Waals surface area contributed by atoms with Crippen LogP contribution in [0, 0.1) is 10.1 Å². The molecule has 0 aromatic carbocycles. The van der Waals surface area contributed by atoms with Gasteiger partial charge in [0.1, 0.15) is 6.20 Å². The number of hydrogen-bond acceptors (Lipinski definition) is 6. The Bertz CT molecular complexity index is 512. The van der Waals surface area contributed by atoms with Crippen LogP contribution in [-0.2, 0) is 0 Å². The van der Waals surface area contributed by atoms with E-state index in [9.17, 15) is 10.1 Å². The number of rotatable bonds is 3. The maximum atomic E-state index is 11.0. The fourth-order valence-corrected chi connectivity index (χ4v) is 3.15. The van der Waals surface area contributed by atoms with Crippen LogP contribution < -0.4 is 5.32 Å². The van der Waals surface area contributed by atoms with Crippen LogP contribution in [0.3, 0.4) is 0 Å². The highest BCUT2D eigenvalue weighted by Crippen LogP contribution is 2.32. The Balaban J connectivity index is 1.83. The molecule has 1 aromatic rings. The second-order valence-corrected chi connectivity index (χ2v) is 5.25. The first-order valence-electron chi connectivity index (χ1n) is 6.32. The molecule has 3 heterocycles. The average molecular weight is 284 g/mol. The molecule has 0 bridgehead atoms. The van der Waals surface area contributed by atoms with E-state index in [-0.39, 0.29) is 22.8 Å². The van der Waals surface area contributed by atoms with E-state index in [1.165, 1.54) is 6.42 Å². The predicted octanol–water partition coefficient (Wildman–Crippen LogP) is 1.69. The standard InChI is InChI=1S/C11H14ClN5O2/c12-11-13-6-9(17(18)19)10(15-11)14-7-3-5-16-4-1-2-8(7)16/h6-8H,1-5H2,(H,13,14,15). The monoisotopic (exact) mass is 283 g/mol. The van der Waals surface area contributed by atoms with Gasteiger partial charge in [-0.3, -0.25) is 15.0 Å². The highest BCUT2D eigenvalue weighted by molar-refractivity contribution is 6.28. The Labute approximate surface area is 115 Å². The Morgan fingerprint density at radius 2 is 2.32 bits per heavy atom. The van der Waals surface area contributed by atoms with E-state index < -0.39 is 4.92 Å². The topological polar surface area (TPSA) is 84.2 Å². The zero-order valence-electron chi connectivity index (χ0n) is 10.3. The van der Waals surface area contributed by atoms with Crippen molar-refractivity contribution in [1.29, 1.82) is 0 Å². The van der Waals surface area contributed by atoms with Crippen LogP contribution in [0.4, 0.5) is 11.5 Å². The lowest BCUT2D eigenvalue weighted by molar-refractivity contribution is -0.384. The number of nitrogens with one attached hydrogen (secondary N) is 1. The highest BCUT2D eigenvalue weighted by atomic mass is 35.5. The van der Waals surface area contributed by atoms with Gasteiger partial charge in [0.25, 0.3) is 0 Å². The molecule has 0 radical (unpaired) electrons. The summed E-state index contributed by atoms with van der Waals surface area (Å²) in [5.74, 6) is 0.226. The summed E-state index contributed by atoms with van der Waals surface area (Å²) >= 11 is 5.72. The summed E-state index contributed by atoms with van der Waals surface area (Å²) in [4.78, 5) is 20.5. The summed E-state index contributed by atoms with van der Waals surface area (Å²) in [5.41, 5.74) is -0.124. The molecule has 2 unspecified atom stereocenters. The van der Waals surface area contributed by atoms with Crippen LogP contribution in [0.15, 0.2) is 6.20 Å². The first-order chi connectivity index (χ1) is 9.15. The lowest BCUT2D eigenvalue weighted by Gasteiger charge is -2.21. The summed E-state index contributed by atoms with van der Waals surface area (Å²) in [7, 11) is 0. The molecule has 1 N–H and O–H groups in total. The third kappa shape index (κ3) is 2.35. The number of hydrogen-bond donors (Lipinski definition) is 1. The first-order valence-corrected chi connectivity index (χ1v) is 6.70. The normalized spacial score (nSPS) is 26.4. The van der Waals surface area contributed by atoms with Gasteiger partial charge in [0.05, 0.1) is 4.92 Å². The van der Waals surface area contributed by atoms with Gasteiger partial charge < -0.3 is 5.32 Å². The first kappa shape index (κ1) is 12.6. The number of aromatic nitrogens is 2. The number of halogens is 1. The summed E-state index contributed by atoms with van der Waals surface area (Å²) in [6, 6.07) is 0.653. The van der Waals surface area contributed by atoms with E-state index in [1.807, 2.05) is 0 Å². The van der Waals surface area contributed by atoms with Crippen LogP contribution in [0.1, 0.15) is 19.3 Å². The Kier molecular flexibility index (Phi) is 3.24. The molecule has 2 aliphatic rings. The lowest BCUT2D eigenvalue weighted by atomic mass is 10.1. The third-order valence-electron chi connectivity index (χ3n) is 3.86. The summed E-state index contributed by atoms with van der Waals surface area (Å²) in [6.45, 7) is 2.16. The number of anilines is 1. The average Bonchev–Trinajstić information content (AvgIpc) is 2.94. The third-order valence-corrected chi connectivity index (χ3v) is 4.05. The molecule has 8 heteroatoms. The fraction of sp³-hybridized carbons (Fsp3) is 0.636. The number of nitro groups is 1. The molecule has 1 aromatic heterocycles. The minimum Gasteiger partial charge on any atom is -0.360 e. The van der Waals surface area contributed by atoms with E-state index >= 15 is 0 Å². The van der Waals surface area contributed by atoms with Gasteiger partial charge in [0.2, 0.25) is 11.1 Å². The zero-order chi connectivity index (χ0) is 13.4. The quantitative estimate of drug-likeness (QED) is 0.516. The van der Waals surface area contributed by atoms with Crippen molar-refractivity contribution < 1.29 is 4.92 Å². The molecule has 2 atom stereocenters. The molecule has 102 valence electrons. The maximum absolute atomic E-state index is 11.0. The second-order valence-electron chi connectivity index (χ2n) is 4.92. The van der Waals surface area contributed by atoms with E-state index in [1.54, 1.807) is 0 Å². The maximum Gasteiger partial charge on any atom is 0.329 e. The lowest BCUT2D eigenvalue weighted by Crippen LogP contribution is -2.34. The van der Waals surface area contributed by atoms with Gasteiger partial charge in [-0.15, -0.1) is 0 Å². The van der Waals surface area contributed by atoms with Crippen molar-refractivity contribution in [3.05, 3.63) is 21.6 Å². The van der Waals surface area contributed by atoms with Crippen molar-refractivity contribution in [2.75, 3.05) is 18.4 Å². The van der Waals surface area contributed by atoms with Gasteiger partial charge in [0, 0.05) is 18.6 Å². The van der Waals surface area contributed by atoms with Crippen LogP contribution in [-0.4, -0.2) is 45.0 Å². The molecule has 2 fully saturated rings. The molecule has 0 saturated carbocycles. The largest absolute Gasteiger partial charge is 0.360 e. The number of fused-ring (bicyclic) bond motifs is 1. The summed E-state index contributed by atoms with van der Waals surface area (Å²) < 4.78 is 0. The van der Waals surface area contributed by atoms with E-state index in [0.29, 0.717) is 6.04 Å². The molecule has 0 amide bonds. The summed E-state index contributed by atoms with van der Waals surface area (Å²) in [5, 5.41) is 14.2. The van der Waals surface area contributed by atoms with Crippen molar-refractivity contribution in [3.63, 3.8) is 0 Å². The SMILES string of the molecule is O=[N+]([O-])c1cnc(Cl)nc1NC1CCN2CCCC12. The van der Waals surface area contributed by atoms with E-state index in [4.69, 9.17) is 11.6 Å². The van der Waals surface area contributed by atoms with Crippen molar-refractivity contribution in [1.82, 2.24) is 14.9 Å². The van der Waals surface area contributed by atoms with Gasteiger partial charge >= 0.3 is 5.69 Å². The molecule has 0 aliphatic carbocycles. The highest BCUT2D eigenvalue weighted by Gasteiger charge is 2.38. The minimum atomic E-state index is -0.486. The van der Waals surface area contributed by atoms with Crippen LogP contribution in [0.5, 0.6) is 0 Å². The van der Waals surface area contributed by atoms with Crippen molar-refractivity contribution in [3.8, 4) is 0 Å². The smallest absolute Gasteiger partial charge is 0.329 e. The molecule has 19 heavy (non-hydrogen) atoms. The Morgan fingerprint density at radius 3 is 3.11 bits per heavy atom. The Morgan fingerprint density at radius 1 is 1.47 bits per heavy atom.